The Morgan fingerprint density at radius 2 is 2.21 bits per heavy atom. The van der Waals surface area contributed by atoms with Gasteiger partial charge in [0.1, 0.15) is 5.75 Å². The van der Waals surface area contributed by atoms with Crippen molar-refractivity contribution in [3.8, 4) is 5.75 Å². The minimum absolute atomic E-state index is 0.963. The summed E-state index contributed by atoms with van der Waals surface area (Å²) in [6.07, 6.45) is 0. The third-order valence-corrected chi connectivity index (χ3v) is 3.37. The lowest BCUT2D eigenvalue weighted by Gasteiger charge is -2.23. The van der Waals surface area contributed by atoms with E-state index in [0.29, 0.717) is 0 Å². The van der Waals surface area contributed by atoms with E-state index >= 15 is 0 Å². The molecule has 1 aliphatic heterocycles. The number of benzene rings is 1. The summed E-state index contributed by atoms with van der Waals surface area (Å²) in [5.74, 6) is 2.12. The average molecular weight is 208 g/mol. The summed E-state index contributed by atoms with van der Waals surface area (Å²) < 4.78 is 5.34. The summed E-state index contributed by atoms with van der Waals surface area (Å²) in [7, 11) is 1.72. The third-order valence-electron chi connectivity index (χ3n) is 2.25. The number of rotatable bonds is 2. The van der Waals surface area contributed by atoms with E-state index in [1.165, 1.54) is 10.8 Å². The van der Waals surface area contributed by atoms with Crippen LogP contribution in [-0.4, -0.2) is 26.0 Å². The molecule has 0 amide bonds. The molecule has 1 aromatic carbocycles. The zero-order valence-electron chi connectivity index (χ0n) is 8.25. The SMILES string of the molecule is COc1ccccc1[C]1CNCCS1. The fraction of sp³-hybridized carbons (Fsp3) is 0.364. The Hall–Kier alpha value is -0.670. The topological polar surface area (TPSA) is 21.3 Å². The highest BCUT2D eigenvalue weighted by Gasteiger charge is 2.19. The molecule has 3 heteroatoms. The van der Waals surface area contributed by atoms with Gasteiger partial charge in [-0.3, -0.25) is 0 Å². The maximum absolute atomic E-state index is 5.34. The number of para-hydroxylation sites is 1. The summed E-state index contributed by atoms with van der Waals surface area (Å²) in [5, 5.41) is 4.75. The maximum Gasteiger partial charge on any atom is 0.123 e. The molecule has 0 bridgehead atoms. The highest BCUT2D eigenvalue weighted by Crippen LogP contribution is 2.34. The average Bonchev–Trinajstić information content (AvgIpc) is 2.30. The molecule has 14 heavy (non-hydrogen) atoms. The van der Waals surface area contributed by atoms with Crippen molar-refractivity contribution in [2.24, 2.45) is 0 Å². The van der Waals surface area contributed by atoms with Crippen molar-refractivity contribution in [2.45, 2.75) is 0 Å². The van der Waals surface area contributed by atoms with E-state index in [1.54, 1.807) is 7.11 Å². The molecule has 1 heterocycles. The normalized spacial score (nSPS) is 18.1. The molecule has 0 spiro atoms. The first-order chi connectivity index (χ1) is 6.92. The lowest BCUT2D eigenvalue weighted by atomic mass is 10.1. The fourth-order valence-corrected chi connectivity index (χ4v) is 2.57. The van der Waals surface area contributed by atoms with Gasteiger partial charge in [-0.25, -0.2) is 0 Å². The highest BCUT2D eigenvalue weighted by molar-refractivity contribution is 8.02. The number of methoxy groups -OCH3 is 1. The van der Waals surface area contributed by atoms with Crippen LogP contribution in [0, 0.1) is 5.25 Å². The minimum Gasteiger partial charge on any atom is -0.496 e. The second-order valence-corrected chi connectivity index (χ2v) is 4.34. The Bertz CT molecular complexity index is 297. The van der Waals surface area contributed by atoms with Gasteiger partial charge in [0.2, 0.25) is 0 Å². The van der Waals surface area contributed by atoms with Gasteiger partial charge in [-0.15, -0.1) is 11.8 Å². The van der Waals surface area contributed by atoms with Crippen molar-refractivity contribution < 1.29 is 4.74 Å². The standard InChI is InChI=1S/C11H14NOS/c1-13-10-5-3-2-4-9(10)11-8-12-6-7-14-11/h2-5,12H,6-8H2,1H3. The van der Waals surface area contributed by atoms with Crippen molar-refractivity contribution >= 4 is 11.8 Å². The largest absolute Gasteiger partial charge is 0.496 e. The number of ether oxygens (including phenoxy) is 1. The quantitative estimate of drug-likeness (QED) is 0.802. The van der Waals surface area contributed by atoms with Crippen LogP contribution in [0.4, 0.5) is 0 Å². The van der Waals surface area contributed by atoms with E-state index in [0.717, 1.165) is 24.6 Å². The molecule has 0 saturated carbocycles. The van der Waals surface area contributed by atoms with Crippen molar-refractivity contribution in [3.63, 3.8) is 0 Å². The molecule has 0 aliphatic carbocycles. The molecule has 2 rings (SSSR count). The van der Waals surface area contributed by atoms with Gasteiger partial charge in [0.05, 0.1) is 12.4 Å². The van der Waals surface area contributed by atoms with Crippen molar-refractivity contribution in [2.75, 3.05) is 26.0 Å². The van der Waals surface area contributed by atoms with E-state index in [2.05, 4.69) is 17.4 Å². The third kappa shape index (κ3) is 2.04. The Balaban J connectivity index is 2.20. The maximum atomic E-state index is 5.34. The number of nitrogens with one attached hydrogen (secondary N) is 1. The first-order valence-corrected chi connectivity index (χ1v) is 5.73. The molecule has 1 N–H and O–H groups in total. The van der Waals surface area contributed by atoms with Gasteiger partial charge in [0.25, 0.3) is 0 Å². The fourth-order valence-electron chi connectivity index (χ4n) is 1.55. The zero-order valence-corrected chi connectivity index (χ0v) is 9.06. The van der Waals surface area contributed by atoms with Gasteiger partial charge in [-0.2, -0.15) is 0 Å². The van der Waals surface area contributed by atoms with Gasteiger partial charge >= 0.3 is 0 Å². The summed E-state index contributed by atoms with van der Waals surface area (Å²) in [6, 6.07) is 8.19. The molecule has 1 saturated heterocycles. The van der Waals surface area contributed by atoms with Crippen molar-refractivity contribution in [3.05, 3.63) is 35.1 Å². The molecule has 0 unspecified atom stereocenters. The van der Waals surface area contributed by atoms with E-state index in [1.807, 2.05) is 23.9 Å². The van der Waals surface area contributed by atoms with Crippen LogP contribution in [0.5, 0.6) is 5.75 Å². The Morgan fingerprint density at radius 3 is 2.93 bits per heavy atom. The van der Waals surface area contributed by atoms with Gasteiger partial charge < -0.3 is 10.1 Å². The van der Waals surface area contributed by atoms with Gasteiger partial charge in [0, 0.05) is 24.4 Å². The second kappa shape index (κ2) is 4.71. The molecule has 2 nitrogen and oxygen atoms in total. The Morgan fingerprint density at radius 1 is 1.36 bits per heavy atom. The van der Waals surface area contributed by atoms with Crippen LogP contribution in [0.3, 0.4) is 0 Å². The summed E-state index contributed by atoms with van der Waals surface area (Å²) in [5.41, 5.74) is 1.23. The predicted molar refractivity (Wildman–Crippen MR) is 60.7 cm³/mol. The van der Waals surface area contributed by atoms with Crippen LogP contribution in [0.1, 0.15) is 5.56 Å². The molecule has 1 fully saturated rings. The monoisotopic (exact) mass is 208 g/mol. The highest BCUT2D eigenvalue weighted by atomic mass is 32.2. The van der Waals surface area contributed by atoms with Crippen LogP contribution in [0.15, 0.2) is 24.3 Å². The first-order valence-electron chi connectivity index (χ1n) is 4.74. The predicted octanol–water partition coefficient (Wildman–Crippen LogP) is 1.91. The smallest absolute Gasteiger partial charge is 0.123 e. The van der Waals surface area contributed by atoms with Crippen molar-refractivity contribution in [1.29, 1.82) is 0 Å². The number of hydrogen-bond acceptors (Lipinski definition) is 3. The molecule has 75 valence electrons. The molecule has 1 aliphatic rings. The Kier molecular flexibility index (Phi) is 3.32. The summed E-state index contributed by atoms with van der Waals surface area (Å²) >= 11 is 1.92. The van der Waals surface area contributed by atoms with E-state index in [-0.39, 0.29) is 0 Å². The number of thioether (sulfide) groups is 1. The summed E-state index contributed by atoms with van der Waals surface area (Å²) in [4.78, 5) is 0. The molecule has 1 aromatic rings. The van der Waals surface area contributed by atoms with Crippen LogP contribution >= 0.6 is 11.8 Å². The first kappa shape index (κ1) is 9.87. The van der Waals surface area contributed by atoms with Crippen LogP contribution < -0.4 is 10.1 Å². The van der Waals surface area contributed by atoms with Crippen LogP contribution in [0.25, 0.3) is 0 Å². The van der Waals surface area contributed by atoms with Gasteiger partial charge in [-0.1, -0.05) is 18.2 Å². The summed E-state index contributed by atoms with van der Waals surface area (Å²) in [6.45, 7) is 2.06. The molecule has 0 aromatic heterocycles. The molecule has 1 radical (unpaired) electrons. The minimum atomic E-state index is 0.963. The molecule has 0 atom stereocenters. The van der Waals surface area contributed by atoms with Gasteiger partial charge in [0.15, 0.2) is 0 Å². The molecular weight excluding hydrogens is 194 g/mol. The van der Waals surface area contributed by atoms with Crippen LogP contribution in [0.2, 0.25) is 0 Å². The second-order valence-electron chi connectivity index (χ2n) is 3.15. The lowest BCUT2D eigenvalue weighted by molar-refractivity contribution is 0.411. The van der Waals surface area contributed by atoms with Crippen LogP contribution in [-0.2, 0) is 0 Å². The Labute approximate surface area is 89.0 Å². The zero-order chi connectivity index (χ0) is 9.80. The van der Waals surface area contributed by atoms with E-state index < -0.39 is 0 Å². The van der Waals surface area contributed by atoms with Gasteiger partial charge in [-0.05, 0) is 6.07 Å². The lowest BCUT2D eigenvalue weighted by Crippen LogP contribution is -2.28. The number of hydrogen-bond donors (Lipinski definition) is 1. The van der Waals surface area contributed by atoms with E-state index in [9.17, 15) is 0 Å². The van der Waals surface area contributed by atoms with E-state index in [4.69, 9.17) is 4.74 Å². The molecular formula is C11H14NOS. The van der Waals surface area contributed by atoms with Crippen molar-refractivity contribution in [1.82, 2.24) is 5.32 Å².